The second-order valence-electron chi connectivity index (χ2n) is 7.20. The van der Waals surface area contributed by atoms with Crippen molar-refractivity contribution in [3.63, 3.8) is 0 Å². The highest BCUT2D eigenvalue weighted by Crippen LogP contribution is 2.44. The van der Waals surface area contributed by atoms with E-state index < -0.39 is 23.5 Å². The summed E-state index contributed by atoms with van der Waals surface area (Å²) in [4.78, 5) is 32.1. The molecule has 3 aromatic carbocycles. The number of hydrogen-bond acceptors (Lipinski definition) is 5. The van der Waals surface area contributed by atoms with E-state index in [4.69, 9.17) is 11.6 Å². The Morgan fingerprint density at radius 2 is 1.75 bits per heavy atom. The maximum atomic E-state index is 13.4. The van der Waals surface area contributed by atoms with Crippen LogP contribution in [-0.2, 0) is 9.59 Å². The monoisotopic (exact) mass is 464 g/mol. The second-order valence-corrected chi connectivity index (χ2v) is 8.64. The van der Waals surface area contributed by atoms with E-state index in [0.717, 1.165) is 4.70 Å². The smallest absolute Gasteiger partial charge is 0.301 e. The predicted octanol–water partition coefficient (Wildman–Crippen LogP) is 5.72. The number of amides is 1. The number of anilines is 1. The minimum absolute atomic E-state index is 0.0786. The molecule has 5 rings (SSSR count). The lowest BCUT2D eigenvalue weighted by molar-refractivity contribution is -0.132. The summed E-state index contributed by atoms with van der Waals surface area (Å²) in [6.07, 6.45) is 0. The maximum absolute atomic E-state index is 13.4. The van der Waals surface area contributed by atoms with Gasteiger partial charge >= 0.3 is 5.91 Å². The van der Waals surface area contributed by atoms with Crippen molar-refractivity contribution in [3.05, 3.63) is 100 Å². The van der Waals surface area contributed by atoms with E-state index in [1.165, 1.54) is 40.5 Å². The van der Waals surface area contributed by atoms with Gasteiger partial charge in [0.15, 0.2) is 5.13 Å². The van der Waals surface area contributed by atoms with Crippen molar-refractivity contribution < 1.29 is 19.1 Å². The van der Waals surface area contributed by atoms with Crippen LogP contribution in [0.25, 0.3) is 16.0 Å². The molecule has 158 valence electrons. The quantitative estimate of drug-likeness (QED) is 0.239. The van der Waals surface area contributed by atoms with Crippen molar-refractivity contribution in [2.24, 2.45) is 0 Å². The number of fused-ring (bicyclic) bond motifs is 1. The fraction of sp³-hybridized carbons (Fsp3) is 0.0417. The van der Waals surface area contributed by atoms with Crippen molar-refractivity contribution >= 4 is 55.7 Å². The number of nitrogens with zero attached hydrogens (tertiary/aromatic N) is 2. The molecular formula is C24H14ClFN2O3S. The van der Waals surface area contributed by atoms with Crippen molar-refractivity contribution in [2.45, 2.75) is 6.04 Å². The largest absolute Gasteiger partial charge is 0.507 e. The number of rotatable bonds is 3. The average molecular weight is 465 g/mol. The summed E-state index contributed by atoms with van der Waals surface area (Å²) in [5.74, 6) is -2.48. The highest BCUT2D eigenvalue weighted by molar-refractivity contribution is 7.22. The lowest BCUT2D eigenvalue weighted by atomic mass is 9.95. The van der Waals surface area contributed by atoms with Gasteiger partial charge in [-0.15, -0.1) is 0 Å². The molecule has 32 heavy (non-hydrogen) atoms. The van der Waals surface area contributed by atoms with Crippen LogP contribution in [0.1, 0.15) is 17.2 Å². The van der Waals surface area contributed by atoms with E-state index in [-0.39, 0.29) is 16.9 Å². The summed E-state index contributed by atoms with van der Waals surface area (Å²) in [6.45, 7) is 0. The molecule has 0 aliphatic carbocycles. The average Bonchev–Trinajstić information content (AvgIpc) is 3.32. The molecule has 0 radical (unpaired) electrons. The molecule has 1 amide bonds. The lowest BCUT2D eigenvalue weighted by Crippen LogP contribution is -2.29. The van der Waals surface area contributed by atoms with Gasteiger partial charge in [-0.3, -0.25) is 14.5 Å². The Bertz CT molecular complexity index is 1400. The first kappa shape index (κ1) is 20.4. The third-order valence-corrected chi connectivity index (χ3v) is 6.48. The van der Waals surface area contributed by atoms with Gasteiger partial charge < -0.3 is 5.11 Å². The highest BCUT2D eigenvalue weighted by atomic mass is 35.5. The zero-order valence-corrected chi connectivity index (χ0v) is 17.9. The summed E-state index contributed by atoms with van der Waals surface area (Å²) in [5.41, 5.74) is 1.43. The van der Waals surface area contributed by atoms with Gasteiger partial charge in [-0.1, -0.05) is 53.3 Å². The summed E-state index contributed by atoms with van der Waals surface area (Å²) in [5, 5.41) is 11.8. The van der Waals surface area contributed by atoms with Crippen LogP contribution < -0.4 is 4.90 Å². The molecule has 5 nitrogen and oxygen atoms in total. The third kappa shape index (κ3) is 3.36. The minimum Gasteiger partial charge on any atom is -0.507 e. The summed E-state index contributed by atoms with van der Waals surface area (Å²) >= 11 is 7.31. The molecule has 8 heteroatoms. The van der Waals surface area contributed by atoms with Crippen LogP contribution >= 0.6 is 22.9 Å². The normalized spacial score (nSPS) is 17.9. The van der Waals surface area contributed by atoms with Gasteiger partial charge in [-0.05, 0) is 48.0 Å². The molecule has 1 fully saturated rings. The van der Waals surface area contributed by atoms with E-state index >= 15 is 0 Å². The molecule has 0 saturated carbocycles. The Hall–Kier alpha value is -3.55. The van der Waals surface area contributed by atoms with Crippen molar-refractivity contribution in [2.75, 3.05) is 4.90 Å². The van der Waals surface area contributed by atoms with Crippen LogP contribution in [0.2, 0.25) is 5.02 Å². The van der Waals surface area contributed by atoms with E-state index in [1.54, 1.807) is 42.5 Å². The van der Waals surface area contributed by atoms with Crippen molar-refractivity contribution in [1.82, 2.24) is 4.98 Å². The van der Waals surface area contributed by atoms with Gasteiger partial charge in [-0.2, -0.15) is 0 Å². The lowest BCUT2D eigenvalue weighted by Gasteiger charge is -2.22. The van der Waals surface area contributed by atoms with E-state index in [1.807, 2.05) is 6.07 Å². The molecule has 1 unspecified atom stereocenters. The van der Waals surface area contributed by atoms with Crippen LogP contribution in [0.4, 0.5) is 9.52 Å². The first-order valence-electron chi connectivity index (χ1n) is 9.62. The number of aliphatic hydroxyl groups is 1. The standard InChI is InChI=1S/C24H14ClFN2O3S/c25-15-8-11-17-18(12-15)32-24(27-17)28-20(13-4-2-1-3-5-13)19(22(30)23(28)31)21(29)14-6-9-16(26)10-7-14/h1-12,20,29H. The van der Waals surface area contributed by atoms with Gasteiger partial charge in [0, 0.05) is 10.6 Å². The molecular weight excluding hydrogens is 451 g/mol. The number of ketones is 1. The molecule has 1 aliphatic rings. The molecule has 4 aromatic rings. The fourth-order valence-electron chi connectivity index (χ4n) is 3.73. The first-order chi connectivity index (χ1) is 15.4. The molecule has 1 N–H and O–H groups in total. The second kappa shape index (κ2) is 7.85. The maximum Gasteiger partial charge on any atom is 0.301 e. The van der Waals surface area contributed by atoms with Gasteiger partial charge in [0.25, 0.3) is 5.78 Å². The summed E-state index contributed by atoms with van der Waals surface area (Å²) < 4.78 is 14.1. The topological polar surface area (TPSA) is 70.5 Å². The zero-order chi connectivity index (χ0) is 22.4. The third-order valence-electron chi connectivity index (χ3n) is 5.22. The van der Waals surface area contributed by atoms with E-state index in [2.05, 4.69) is 4.98 Å². The van der Waals surface area contributed by atoms with Crippen LogP contribution in [-0.4, -0.2) is 21.8 Å². The SMILES string of the molecule is O=C1C(=O)N(c2nc3ccc(Cl)cc3s2)C(c2ccccc2)C1=C(O)c1ccc(F)cc1. The number of Topliss-reactive ketones (excluding diaryl/α,β-unsaturated/α-hetero) is 1. The summed E-state index contributed by atoms with van der Waals surface area (Å²) in [6, 6.07) is 18.3. The molecule has 1 saturated heterocycles. The summed E-state index contributed by atoms with van der Waals surface area (Å²) in [7, 11) is 0. The van der Waals surface area contributed by atoms with Gasteiger partial charge in [0.1, 0.15) is 11.6 Å². The molecule has 1 atom stereocenters. The van der Waals surface area contributed by atoms with Gasteiger partial charge in [0.2, 0.25) is 0 Å². The minimum atomic E-state index is -0.891. The Labute approximate surface area is 191 Å². The zero-order valence-electron chi connectivity index (χ0n) is 16.3. The Kier molecular flexibility index (Phi) is 5.00. The number of carbonyl (C=O) groups is 2. The van der Waals surface area contributed by atoms with E-state index in [0.29, 0.717) is 21.2 Å². The number of thiazole rings is 1. The highest BCUT2D eigenvalue weighted by Gasteiger charge is 2.48. The number of halogens is 2. The predicted molar refractivity (Wildman–Crippen MR) is 122 cm³/mol. The van der Waals surface area contributed by atoms with E-state index in [9.17, 15) is 19.1 Å². The van der Waals surface area contributed by atoms with Crippen LogP contribution in [0.3, 0.4) is 0 Å². The molecule has 1 aromatic heterocycles. The number of aromatic nitrogens is 1. The Morgan fingerprint density at radius 1 is 1.03 bits per heavy atom. The van der Waals surface area contributed by atoms with Crippen LogP contribution in [0, 0.1) is 5.82 Å². The molecule has 0 spiro atoms. The number of benzene rings is 3. The molecule has 2 heterocycles. The Balaban J connectivity index is 1.72. The fourth-order valence-corrected chi connectivity index (χ4v) is 5.00. The number of carbonyl (C=O) groups excluding carboxylic acids is 2. The van der Waals surface area contributed by atoms with Gasteiger partial charge in [0.05, 0.1) is 21.8 Å². The molecule has 1 aliphatic heterocycles. The van der Waals surface area contributed by atoms with Gasteiger partial charge in [-0.25, -0.2) is 9.37 Å². The number of aliphatic hydroxyl groups excluding tert-OH is 1. The Morgan fingerprint density at radius 3 is 2.47 bits per heavy atom. The van der Waals surface area contributed by atoms with Crippen LogP contribution in [0.15, 0.2) is 78.4 Å². The first-order valence-corrected chi connectivity index (χ1v) is 10.8. The van der Waals surface area contributed by atoms with Crippen molar-refractivity contribution in [1.29, 1.82) is 0 Å². The number of hydrogen-bond donors (Lipinski definition) is 1. The molecule has 0 bridgehead atoms. The van der Waals surface area contributed by atoms with Crippen LogP contribution in [0.5, 0.6) is 0 Å². The van der Waals surface area contributed by atoms with Crippen molar-refractivity contribution in [3.8, 4) is 0 Å².